The molecule has 3 aromatic carbocycles. The number of para-hydroxylation sites is 1. The maximum absolute atomic E-state index is 12.9. The summed E-state index contributed by atoms with van der Waals surface area (Å²) in [5, 5.41) is 2.75. The fourth-order valence-corrected chi connectivity index (χ4v) is 4.24. The Morgan fingerprint density at radius 1 is 0.871 bits per heavy atom. The van der Waals surface area contributed by atoms with E-state index in [4.69, 9.17) is 0 Å². The molecule has 3 aromatic rings. The van der Waals surface area contributed by atoms with Crippen molar-refractivity contribution in [2.75, 3.05) is 23.8 Å². The Bertz CT molecular complexity index is 1240. The summed E-state index contributed by atoms with van der Waals surface area (Å²) in [6.45, 7) is 0.649. The highest BCUT2D eigenvalue weighted by atomic mass is 32.2. The number of nitrogens with one attached hydrogen (secondary N) is 2. The molecule has 0 saturated carbocycles. The van der Waals surface area contributed by atoms with Crippen LogP contribution in [0.1, 0.15) is 26.3 Å². The Balaban J connectivity index is 1.44. The minimum atomic E-state index is -3.56. The van der Waals surface area contributed by atoms with Crippen molar-refractivity contribution in [2.24, 2.45) is 0 Å². The zero-order chi connectivity index (χ0) is 22.0. The van der Waals surface area contributed by atoms with Gasteiger partial charge in [0.1, 0.15) is 0 Å². The van der Waals surface area contributed by atoms with Gasteiger partial charge in [-0.15, -0.1) is 0 Å². The number of hydrogen-bond donors (Lipinski definition) is 2. The molecule has 0 aromatic heterocycles. The highest BCUT2D eigenvalue weighted by molar-refractivity contribution is 7.89. The van der Waals surface area contributed by atoms with Gasteiger partial charge in [-0.2, -0.15) is 0 Å². The lowest BCUT2D eigenvalue weighted by Gasteiger charge is -2.17. The zero-order valence-corrected chi connectivity index (χ0v) is 17.6. The van der Waals surface area contributed by atoms with Crippen LogP contribution >= 0.6 is 0 Å². The summed E-state index contributed by atoms with van der Waals surface area (Å²) >= 11 is 0. The molecule has 158 valence electrons. The largest absolute Gasteiger partial charge is 0.322 e. The summed E-state index contributed by atoms with van der Waals surface area (Å²) in [4.78, 5) is 27.2. The third-order valence-electron chi connectivity index (χ3n) is 5.22. The molecule has 1 heterocycles. The van der Waals surface area contributed by atoms with E-state index in [1.807, 2.05) is 24.3 Å². The van der Waals surface area contributed by atoms with E-state index >= 15 is 0 Å². The first-order valence-corrected chi connectivity index (χ1v) is 11.2. The van der Waals surface area contributed by atoms with E-state index in [9.17, 15) is 18.0 Å². The topological polar surface area (TPSA) is 95.6 Å². The number of sulfonamides is 1. The molecule has 0 bridgehead atoms. The highest BCUT2D eigenvalue weighted by Gasteiger charge is 2.25. The molecule has 2 N–H and O–H groups in total. The molecular weight excluding hydrogens is 414 g/mol. The van der Waals surface area contributed by atoms with Crippen LogP contribution in [-0.4, -0.2) is 33.8 Å². The van der Waals surface area contributed by atoms with Gasteiger partial charge >= 0.3 is 0 Å². The van der Waals surface area contributed by atoms with Crippen LogP contribution in [0.2, 0.25) is 0 Å². The van der Waals surface area contributed by atoms with E-state index < -0.39 is 10.0 Å². The lowest BCUT2D eigenvalue weighted by atomic mass is 10.1. The number of nitrogens with zero attached hydrogens (tertiary/aromatic N) is 1. The monoisotopic (exact) mass is 435 g/mol. The lowest BCUT2D eigenvalue weighted by molar-refractivity contribution is 0.0988. The van der Waals surface area contributed by atoms with Crippen LogP contribution in [0.3, 0.4) is 0 Å². The normalized spacial score (nSPS) is 13.0. The Labute approximate surface area is 180 Å². The molecule has 0 saturated heterocycles. The van der Waals surface area contributed by atoms with Crippen LogP contribution in [-0.2, 0) is 16.4 Å². The summed E-state index contributed by atoms with van der Waals surface area (Å²) in [5.74, 6) is -0.454. The molecule has 0 spiro atoms. The average Bonchev–Trinajstić information content (AvgIpc) is 3.23. The second-order valence-electron chi connectivity index (χ2n) is 7.10. The van der Waals surface area contributed by atoms with Crippen molar-refractivity contribution in [1.82, 2.24) is 4.72 Å². The second kappa shape index (κ2) is 8.33. The Hall–Kier alpha value is -3.49. The van der Waals surface area contributed by atoms with Crippen LogP contribution in [0.25, 0.3) is 0 Å². The van der Waals surface area contributed by atoms with Gasteiger partial charge in [0.2, 0.25) is 10.0 Å². The van der Waals surface area contributed by atoms with Crippen LogP contribution < -0.4 is 14.9 Å². The SMILES string of the molecule is CNS(=O)(=O)c1ccc(C(=O)Nc2ccc(C(=O)N3CCc4ccccc43)cc2)cc1. The predicted octanol–water partition coefficient (Wildman–Crippen LogP) is 3.05. The Morgan fingerprint density at radius 3 is 2.19 bits per heavy atom. The van der Waals surface area contributed by atoms with E-state index in [1.54, 1.807) is 29.2 Å². The van der Waals surface area contributed by atoms with Gasteiger partial charge in [-0.3, -0.25) is 9.59 Å². The molecule has 31 heavy (non-hydrogen) atoms. The molecule has 7 nitrogen and oxygen atoms in total. The molecule has 8 heteroatoms. The molecule has 0 aliphatic carbocycles. The van der Waals surface area contributed by atoms with E-state index in [0.717, 1.165) is 17.7 Å². The van der Waals surface area contributed by atoms with Gasteiger partial charge in [-0.1, -0.05) is 18.2 Å². The molecular formula is C23H21N3O4S. The minimum Gasteiger partial charge on any atom is -0.322 e. The fraction of sp³-hybridized carbons (Fsp3) is 0.130. The minimum absolute atomic E-state index is 0.0795. The molecule has 0 radical (unpaired) electrons. The van der Waals surface area contributed by atoms with Crippen molar-refractivity contribution in [2.45, 2.75) is 11.3 Å². The molecule has 0 fully saturated rings. The third kappa shape index (κ3) is 4.21. The van der Waals surface area contributed by atoms with E-state index in [2.05, 4.69) is 10.0 Å². The zero-order valence-electron chi connectivity index (χ0n) is 16.8. The van der Waals surface area contributed by atoms with Crippen molar-refractivity contribution in [3.05, 3.63) is 89.5 Å². The molecule has 1 aliphatic rings. The Morgan fingerprint density at radius 2 is 1.52 bits per heavy atom. The van der Waals surface area contributed by atoms with E-state index in [-0.39, 0.29) is 16.7 Å². The van der Waals surface area contributed by atoms with Crippen molar-refractivity contribution >= 4 is 33.2 Å². The number of benzene rings is 3. The first kappa shape index (κ1) is 20.8. The summed E-state index contributed by atoms with van der Waals surface area (Å²) in [7, 11) is -2.23. The van der Waals surface area contributed by atoms with Crippen LogP contribution in [0.4, 0.5) is 11.4 Å². The van der Waals surface area contributed by atoms with Crippen LogP contribution in [0, 0.1) is 0 Å². The molecule has 4 rings (SSSR count). The van der Waals surface area contributed by atoms with Gasteiger partial charge < -0.3 is 10.2 Å². The quantitative estimate of drug-likeness (QED) is 0.644. The molecule has 2 amide bonds. The smallest absolute Gasteiger partial charge is 0.258 e. The number of rotatable bonds is 5. The van der Waals surface area contributed by atoms with Crippen LogP contribution in [0.15, 0.2) is 77.7 Å². The second-order valence-corrected chi connectivity index (χ2v) is 8.99. The van der Waals surface area contributed by atoms with Gasteiger partial charge in [0.25, 0.3) is 11.8 Å². The first-order valence-electron chi connectivity index (χ1n) is 9.74. The van der Waals surface area contributed by atoms with Gasteiger partial charge in [0, 0.05) is 29.0 Å². The van der Waals surface area contributed by atoms with Gasteiger partial charge in [0.05, 0.1) is 4.90 Å². The fourth-order valence-electron chi connectivity index (χ4n) is 3.51. The Kier molecular flexibility index (Phi) is 5.58. The van der Waals surface area contributed by atoms with Crippen molar-refractivity contribution in [3.63, 3.8) is 0 Å². The van der Waals surface area contributed by atoms with Gasteiger partial charge in [-0.25, -0.2) is 13.1 Å². The number of carbonyl (C=O) groups is 2. The maximum Gasteiger partial charge on any atom is 0.258 e. The van der Waals surface area contributed by atoms with Crippen molar-refractivity contribution in [3.8, 4) is 0 Å². The lowest BCUT2D eigenvalue weighted by Crippen LogP contribution is -2.28. The molecule has 1 aliphatic heterocycles. The summed E-state index contributed by atoms with van der Waals surface area (Å²) in [6.07, 6.45) is 0.838. The number of anilines is 2. The summed E-state index contributed by atoms with van der Waals surface area (Å²) < 4.78 is 25.8. The van der Waals surface area contributed by atoms with E-state index in [0.29, 0.717) is 23.4 Å². The highest BCUT2D eigenvalue weighted by Crippen LogP contribution is 2.29. The van der Waals surface area contributed by atoms with Crippen molar-refractivity contribution in [1.29, 1.82) is 0 Å². The summed E-state index contributed by atoms with van der Waals surface area (Å²) in [6, 6.07) is 20.2. The van der Waals surface area contributed by atoms with Crippen LogP contribution in [0.5, 0.6) is 0 Å². The predicted molar refractivity (Wildman–Crippen MR) is 119 cm³/mol. The number of hydrogen-bond acceptors (Lipinski definition) is 4. The standard InChI is InChI=1S/C23H21N3O4S/c1-24-31(29,30)20-12-8-17(9-13-20)22(27)25-19-10-6-18(7-11-19)23(28)26-15-14-16-4-2-3-5-21(16)26/h2-13,24H,14-15H2,1H3,(H,25,27). The average molecular weight is 436 g/mol. The number of amides is 2. The number of fused-ring (bicyclic) bond motifs is 1. The third-order valence-corrected chi connectivity index (χ3v) is 6.65. The molecule has 0 atom stereocenters. The van der Waals surface area contributed by atoms with Gasteiger partial charge in [-0.05, 0) is 73.6 Å². The maximum atomic E-state index is 12.9. The van der Waals surface area contributed by atoms with Crippen molar-refractivity contribution < 1.29 is 18.0 Å². The first-order chi connectivity index (χ1) is 14.9. The number of carbonyl (C=O) groups excluding carboxylic acids is 2. The summed E-state index contributed by atoms with van der Waals surface area (Å²) in [5.41, 5.74) is 3.50. The molecule has 0 unspecified atom stereocenters. The van der Waals surface area contributed by atoms with E-state index in [1.165, 1.54) is 31.3 Å². The van der Waals surface area contributed by atoms with Gasteiger partial charge in [0.15, 0.2) is 0 Å².